The number of phenols is 1. The average Bonchev–Trinajstić information content (AvgIpc) is 3.78. The number of pyridine rings is 1. The van der Waals surface area contributed by atoms with E-state index in [-0.39, 0.29) is 48.3 Å². The minimum atomic E-state index is -4.75. The fraction of sp³-hybridized carbons (Fsp3) is 0.270. The number of allylic oxidation sites excluding steroid dienone is 2. The minimum absolute atomic E-state index is 0.0380. The van der Waals surface area contributed by atoms with Gasteiger partial charge in [-0.25, -0.2) is 4.98 Å². The number of likely N-dealkylation sites (tertiary alicyclic amines) is 1. The van der Waals surface area contributed by atoms with Gasteiger partial charge in [0.15, 0.2) is 5.82 Å². The maximum absolute atomic E-state index is 15.2. The molecule has 9 nitrogen and oxygen atoms in total. The first kappa shape index (κ1) is 35.8. The van der Waals surface area contributed by atoms with Crippen molar-refractivity contribution >= 4 is 79.9 Å². The van der Waals surface area contributed by atoms with E-state index in [2.05, 4.69) is 26.3 Å². The number of anilines is 1. The Morgan fingerprint density at radius 2 is 1.75 bits per heavy atom. The first-order chi connectivity index (χ1) is 25.2. The van der Waals surface area contributed by atoms with Crippen LogP contribution in [0.3, 0.4) is 0 Å². The highest BCUT2D eigenvalue weighted by molar-refractivity contribution is 9.10. The Balaban J connectivity index is 1.30. The van der Waals surface area contributed by atoms with Crippen molar-refractivity contribution in [3.8, 4) is 5.75 Å². The number of hydrazine groups is 1. The first-order valence-electron chi connectivity index (χ1n) is 16.4. The summed E-state index contributed by atoms with van der Waals surface area (Å²) in [4.78, 5) is 64.0. The largest absolute Gasteiger partial charge is 0.508 e. The minimum Gasteiger partial charge on any atom is -0.508 e. The lowest BCUT2D eigenvalue weighted by molar-refractivity contribution is -0.142. The lowest BCUT2D eigenvalue weighted by Crippen LogP contribution is -2.53. The topological polar surface area (TPSA) is 120 Å². The maximum atomic E-state index is 15.2. The number of halogens is 6. The normalized spacial score (nSPS) is 26.8. The van der Waals surface area contributed by atoms with Gasteiger partial charge in [-0.3, -0.25) is 29.5 Å². The Hall–Kier alpha value is -4.24. The Morgan fingerprint density at radius 3 is 2.43 bits per heavy atom. The standard InChI is InChI=1S/C37H26BrCl2F3N4O5S/c38-19-5-10-28(48)25(13-19)30-22-8-9-23-29(34(51)46(32(23)49)16-21-2-1-11-53-21)24(22)14-26-33(50)47(35(52)36(26,30)17-3-6-20(39)7-4-17)45-31-27(40)12-18(15-44-31)37(41,42)43/h1-8,10-13,15,23-24,26,29-30,48H,9,14,16H2,(H,44,45)/t23-,24+,26-,29-,30+,36+/m0/s1. The molecule has 2 aromatic heterocycles. The molecule has 8 rings (SSSR count). The Bertz CT molecular complexity index is 2240. The number of carbonyl (C=O) groups is 4. The number of phenolic OH excluding ortho intramolecular Hbond substituents is 1. The number of alkyl halides is 3. The SMILES string of the molecule is O=C1[C@H]2[C@H](CC=C3[C@H]2C[C@H]2C(=O)N(Nc4ncc(C(F)(F)F)cc4Cl)C(=O)[C@@]2(c2ccc(Cl)cc2)[C@H]3c2cc(Br)ccc2O)C(=O)N1Cc1cccs1. The van der Waals surface area contributed by atoms with Gasteiger partial charge in [-0.15, -0.1) is 11.3 Å². The molecule has 53 heavy (non-hydrogen) atoms. The summed E-state index contributed by atoms with van der Waals surface area (Å²) >= 11 is 17.5. The molecule has 4 aliphatic rings. The van der Waals surface area contributed by atoms with E-state index < -0.39 is 63.6 Å². The van der Waals surface area contributed by atoms with E-state index in [4.69, 9.17) is 23.2 Å². The van der Waals surface area contributed by atoms with Crippen molar-refractivity contribution in [2.45, 2.75) is 36.9 Å². The van der Waals surface area contributed by atoms with Crippen LogP contribution in [-0.4, -0.2) is 43.6 Å². The van der Waals surface area contributed by atoms with Crippen LogP contribution in [0.5, 0.6) is 5.75 Å². The lowest BCUT2D eigenvalue weighted by atomic mass is 9.49. The lowest BCUT2D eigenvalue weighted by Gasteiger charge is -2.50. The molecule has 1 saturated carbocycles. The monoisotopic (exact) mass is 844 g/mol. The van der Waals surface area contributed by atoms with E-state index in [1.165, 1.54) is 22.3 Å². The number of nitrogens with zero attached hydrogens (tertiary/aromatic N) is 3. The molecule has 4 amide bonds. The zero-order chi connectivity index (χ0) is 37.6. The van der Waals surface area contributed by atoms with Crippen LogP contribution in [0.25, 0.3) is 0 Å². The first-order valence-corrected chi connectivity index (χ1v) is 18.8. The summed E-state index contributed by atoms with van der Waals surface area (Å²) in [6, 6.07) is 15.4. The van der Waals surface area contributed by atoms with Crippen molar-refractivity contribution in [2.24, 2.45) is 23.7 Å². The molecule has 2 saturated heterocycles. The van der Waals surface area contributed by atoms with E-state index >= 15 is 4.79 Å². The van der Waals surface area contributed by atoms with Gasteiger partial charge < -0.3 is 5.11 Å². The molecule has 0 bridgehead atoms. The number of fused-ring (bicyclic) bond motifs is 4. The number of thiophene rings is 1. The van der Waals surface area contributed by atoms with Crippen molar-refractivity contribution in [3.63, 3.8) is 0 Å². The molecule has 3 fully saturated rings. The van der Waals surface area contributed by atoms with E-state index in [0.29, 0.717) is 37.9 Å². The number of hydrogen-bond acceptors (Lipinski definition) is 8. The van der Waals surface area contributed by atoms with Crippen molar-refractivity contribution in [2.75, 3.05) is 5.43 Å². The van der Waals surface area contributed by atoms with Crippen LogP contribution in [0.1, 0.15) is 40.3 Å². The number of aromatic hydroxyl groups is 1. The number of benzene rings is 2. The highest BCUT2D eigenvalue weighted by Gasteiger charge is 2.70. The Kier molecular flexibility index (Phi) is 8.75. The molecule has 6 atom stereocenters. The smallest absolute Gasteiger partial charge is 0.417 e. The quantitative estimate of drug-likeness (QED) is 0.149. The summed E-state index contributed by atoms with van der Waals surface area (Å²) in [5.41, 5.74) is 0.971. The van der Waals surface area contributed by atoms with Gasteiger partial charge in [0.1, 0.15) is 5.75 Å². The number of imide groups is 2. The molecule has 4 heterocycles. The van der Waals surface area contributed by atoms with Crippen molar-refractivity contribution in [1.82, 2.24) is 14.9 Å². The zero-order valence-electron chi connectivity index (χ0n) is 27.1. The number of hydrogen-bond donors (Lipinski definition) is 2. The van der Waals surface area contributed by atoms with Crippen molar-refractivity contribution < 1.29 is 37.5 Å². The molecule has 272 valence electrons. The summed E-state index contributed by atoms with van der Waals surface area (Å²) in [6.45, 7) is 0.106. The number of aromatic nitrogens is 1. The molecule has 0 spiro atoms. The van der Waals surface area contributed by atoms with Crippen LogP contribution < -0.4 is 5.43 Å². The summed E-state index contributed by atoms with van der Waals surface area (Å²) in [5.74, 6) is -7.29. The molecule has 2 aliphatic carbocycles. The summed E-state index contributed by atoms with van der Waals surface area (Å²) in [6.07, 6.45) is -2.21. The molecule has 0 radical (unpaired) electrons. The van der Waals surface area contributed by atoms with Gasteiger partial charge in [0, 0.05) is 32.1 Å². The van der Waals surface area contributed by atoms with Crippen LogP contribution in [0, 0.1) is 23.7 Å². The van der Waals surface area contributed by atoms with Crippen LogP contribution >= 0.6 is 50.5 Å². The highest BCUT2D eigenvalue weighted by Crippen LogP contribution is 2.65. The van der Waals surface area contributed by atoms with Gasteiger partial charge in [-0.1, -0.05) is 69.0 Å². The van der Waals surface area contributed by atoms with E-state index in [1.54, 1.807) is 36.4 Å². The number of amides is 4. The van der Waals surface area contributed by atoms with E-state index in [1.807, 2.05) is 23.6 Å². The van der Waals surface area contributed by atoms with Crippen LogP contribution in [-0.2, 0) is 37.3 Å². The van der Waals surface area contributed by atoms with Gasteiger partial charge >= 0.3 is 6.18 Å². The van der Waals surface area contributed by atoms with Gasteiger partial charge in [0.05, 0.1) is 40.3 Å². The molecule has 2 aromatic carbocycles. The average molecular weight is 847 g/mol. The molecule has 2 aliphatic heterocycles. The third-order valence-electron chi connectivity index (χ3n) is 10.8. The van der Waals surface area contributed by atoms with E-state index in [0.717, 1.165) is 4.88 Å². The number of nitrogens with one attached hydrogen (secondary N) is 1. The number of rotatable bonds is 6. The second-order valence-electron chi connectivity index (χ2n) is 13.5. The molecular weight excluding hydrogens is 820 g/mol. The predicted octanol–water partition coefficient (Wildman–Crippen LogP) is 8.12. The van der Waals surface area contributed by atoms with Gasteiger partial charge in [-0.05, 0) is 72.2 Å². The summed E-state index contributed by atoms with van der Waals surface area (Å²) in [5, 5.41) is 13.9. The fourth-order valence-corrected chi connectivity index (χ4v) is 10.1. The second kappa shape index (κ2) is 13.0. The molecule has 4 aromatic rings. The van der Waals surface area contributed by atoms with Gasteiger partial charge in [0.25, 0.3) is 11.8 Å². The third kappa shape index (κ3) is 5.59. The maximum Gasteiger partial charge on any atom is 0.417 e. The molecule has 16 heteroatoms. The molecular formula is C37H26BrCl2F3N4O5S. The van der Waals surface area contributed by atoms with Crippen LogP contribution in [0.15, 0.2) is 88.4 Å². The third-order valence-corrected chi connectivity index (χ3v) is 12.7. The van der Waals surface area contributed by atoms with Gasteiger partial charge in [-0.2, -0.15) is 18.2 Å². The van der Waals surface area contributed by atoms with Crippen LogP contribution in [0.2, 0.25) is 10.0 Å². The predicted molar refractivity (Wildman–Crippen MR) is 193 cm³/mol. The highest BCUT2D eigenvalue weighted by atomic mass is 79.9. The molecule has 0 unspecified atom stereocenters. The molecule has 2 N–H and O–H groups in total. The summed E-state index contributed by atoms with van der Waals surface area (Å²) in [7, 11) is 0. The second-order valence-corrected chi connectivity index (χ2v) is 16.3. The van der Waals surface area contributed by atoms with Crippen molar-refractivity contribution in [3.05, 3.63) is 120 Å². The zero-order valence-corrected chi connectivity index (χ0v) is 31.0. The Labute approximate surface area is 322 Å². The Morgan fingerprint density at radius 1 is 1.00 bits per heavy atom. The van der Waals surface area contributed by atoms with Crippen LogP contribution in [0.4, 0.5) is 19.0 Å². The summed E-state index contributed by atoms with van der Waals surface area (Å²) < 4.78 is 40.9. The van der Waals surface area contributed by atoms with E-state index in [9.17, 15) is 32.7 Å². The van der Waals surface area contributed by atoms with Crippen molar-refractivity contribution in [1.29, 1.82) is 0 Å². The van der Waals surface area contributed by atoms with Gasteiger partial charge in [0.2, 0.25) is 11.8 Å². The number of carbonyl (C=O) groups excluding carboxylic acids is 4. The fourth-order valence-electron chi connectivity index (χ4n) is 8.66.